The van der Waals surface area contributed by atoms with Crippen LogP contribution in [0.3, 0.4) is 0 Å². The molecule has 0 bridgehead atoms. The zero-order valence-electron chi connectivity index (χ0n) is 7.79. The molecule has 0 saturated heterocycles. The maximum absolute atomic E-state index is 11.3. The van der Waals surface area contributed by atoms with E-state index in [1.165, 1.54) is 0 Å². The van der Waals surface area contributed by atoms with Gasteiger partial charge in [-0.05, 0) is 18.1 Å². The fourth-order valence-corrected chi connectivity index (χ4v) is 1.03. The molecular weight excluding hydrogens is 166 g/mol. The first-order valence-electron chi connectivity index (χ1n) is 4.15. The summed E-state index contributed by atoms with van der Waals surface area (Å²) in [6, 6.07) is 1.77. The number of nitrogens with two attached hydrogens (primary N) is 1. The summed E-state index contributed by atoms with van der Waals surface area (Å²) >= 11 is 0. The van der Waals surface area contributed by atoms with E-state index in [0.717, 1.165) is 12.0 Å². The Hall–Kier alpha value is -1.58. The van der Waals surface area contributed by atoms with Crippen LogP contribution < -0.4 is 11.1 Å². The average Bonchev–Trinajstić information content (AvgIpc) is 2.17. The van der Waals surface area contributed by atoms with Crippen molar-refractivity contribution in [2.24, 2.45) is 0 Å². The molecule has 4 nitrogen and oxygen atoms in total. The van der Waals surface area contributed by atoms with Crippen molar-refractivity contribution >= 4 is 11.7 Å². The Bertz CT molecular complexity index is 323. The third kappa shape index (κ3) is 1.96. The molecule has 0 unspecified atom stereocenters. The molecule has 0 radical (unpaired) electrons. The number of carbonyl (C=O) groups is 1. The third-order valence-corrected chi connectivity index (χ3v) is 1.86. The molecule has 0 aliphatic rings. The second kappa shape index (κ2) is 3.89. The first-order valence-corrected chi connectivity index (χ1v) is 4.15. The molecule has 1 amide bonds. The van der Waals surface area contributed by atoms with Crippen molar-refractivity contribution in [3.63, 3.8) is 0 Å². The number of aromatic nitrogens is 1. The van der Waals surface area contributed by atoms with Crippen LogP contribution in [0.4, 0.5) is 5.82 Å². The topological polar surface area (TPSA) is 68.0 Å². The summed E-state index contributed by atoms with van der Waals surface area (Å²) in [5.74, 6) is 0.0804. The number of anilines is 1. The van der Waals surface area contributed by atoms with Gasteiger partial charge in [-0.2, -0.15) is 0 Å². The van der Waals surface area contributed by atoms with Gasteiger partial charge in [0.05, 0.1) is 5.56 Å². The summed E-state index contributed by atoms with van der Waals surface area (Å²) in [6.07, 6.45) is 2.53. The van der Waals surface area contributed by atoms with Crippen LogP contribution in [0.1, 0.15) is 22.8 Å². The molecule has 0 spiro atoms. The van der Waals surface area contributed by atoms with Crippen LogP contribution in [0.25, 0.3) is 0 Å². The van der Waals surface area contributed by atoms with E-state index >= 15 is 0 Å². The van der Waals surface area contributed by atoms with E-state index in [1.807, 2.05) is 6.92 Å². The average molecular weight is 179 g/mol. The summed E-state index contributed by atoms with van der Waals surface area (Å²) < 4.78 is 0. The molecule has 0 atom stereocenters. The normalized spacial score (nSPS) is 9.69. The Balaban J connectivity index is 3.11. The molecule has 1 rings (SSSR count). The number of pyridine rings is 1. The van der Waals surface area contributed by atoms with Crippen molar-refractivity contribution in [2.75, 3.05) is 12.8 Å². The number of nitrogen functional groups attached to an aromatic ring is 1. The maximum Gasteiger partial charge on any atom is 0.254 e. The lowest BCUT2D eigenvalue weighted by Gasteiger charge is -2.04. The summed E-state index contributed by atoms with van der Waals surface area (Å²) in [5, 5.41) is 2.51. The van der Waals surface area contributed by atoms with Crippen molar-refractivity contribution in [3.05, 3.63) is 23.4 Å². The Kier molecular flexibility index (Phi) is 2.84. The molecule has 3 N–H and O–H groups in total. The molecule has 0 aliphatic heterocycles. The van der Waals surface area contributed by atoms with Crippen LogP contribution >= 0.6 is 0 Å². The van der Waals surface area contributed by atoms with Crippen molar-refractivity contribution in [3.8, 4) is 0 Å². The van der Waals surface area contributed by atoms with Gasteiger partial charge in [0, 0.05) is 13.2 Å². The van der Waals surface area contributed by atoms with Gasteiger partial charge in [-0.25, -0.2) is 4.98 Å². The van der Waals surface area contributed by atoms with Gasteiger partial charge in [-0.3, -0.25) is 4.79 Å². The highest BCUT2D eigenvalue weighted by molar-refractivity contribution is 5.98. The van der Waals surface area contributed by atoms with Gasteiger partial charge in [0.25, 0.3) is 5.91 Å². The molecule has 1 aromatic heterocycles. The van der Waals surface area contributed by atoms with Crippen molar-refractivity contribution in [1.29, 1.82) is 0 Å². The van der Waals surface area contributed by atoms with Gasteiger partial charge in [0.1, 0.15) is 5.82 Å². The first-order chi connectivity index (χ1) is 6.19. The van der Waals surface area contributed by atoms with E-state index in [0.29, 0.717) is 5.56 Å². The predicted molar refractivity (Wildman–Crippen MR) is 51.4 cm³/mol. The number of amides is 1. The van der Waals surface area contributed by atoms with Crippen molar-refractivity contribution in [1.82, 2.24) is 10.3 Å². The minimum absolute atomic E-state index is 0.194. The largest absolute Gasteiger partial charge is 0.383 e. The molecule has 0 fully saturated rings. The highest BCUT2D eigenvalue weighted by Gasteiger charge is 2.08. The number of hydrogen-bond donors (Lipinski definition) is 2. The lowest BCUT2D eigenvalue weighted by Crippen LogP contribution is -2.20. The number of aryl methyl sites for hydroxylation is 1. The van der Waals surface area contributed by atoms with E-state index in [4.69, 9.17) is 5.73 Å². The summed E-state index contributed by atoms with van der Waals surface area (Å²) in [5.41, 5.74) is 7.00. The van der Waals surface area contributed by atoms with Crippen molar-refractivity contribution < 1.29 is 4.79 Å². The lowest BCUT2D eigenvalue weighted by atomic mass is 10.1. The van der Waals surface area contributed by atoms with E-state index in [9.17, 15) is 4.79 Å². The second-order valence-electron chi connectivity index (χ2n) is 2.71. The van der Waals surface area contributed by atoms with Gasteiger partial charge < -0.3 is 11.1 Å². The first kappa shape index (κ1) is 9.51. The van der Waals surface area contributed by atoms with E-state index in [1.54, 1.807) is 19.3 Å². The van der Waals surface area contributed by atoms with Gasteiger partial charge >= 0.3 is 0 Å². The Morgan fingerprint density at radius 3 is 2.92 bits per heavy atom. The number of rotatable bonds is 2. The van der Waals surface area contributed by atoms with Crippen LogP contribution in [0.5, 0.6) is 0 Å². The lowest BCUT2D eigenvalue weighted by molar-refractivity contribution is 0.0963. The summed E-state index contributed by atoms with van der Waals surface area (Å²) in [4.78, 5) is 15.2. The van der Waals surface area contributed by atoms with Gasteiger partial charge in [-0.1, -0.05) is 6.92 Å². The maximum atomic E-state index is 11.3. The number of carbonyl (C=O) groups excluding carboxylic acids is 1. The highest BCUT2D eigenvalue weighted by Crippen LogP contribution is 2.10. The van der Waals surface area contributed by atoms with Crippen LogP contribution in [0, 0.1) is 0 Å². The van der Waals surface area contributed by atoms with Gasteiger partial charge in [-0.15, -0.1) is 0 Å². The second-order valence-corrected chi connectivity index (χ2v) is 2.71. The van der Waals surface area contributed by atoms with Crippen LogP contribution in [0.2, 0.25) is 0 Å². The molecule has 0 aliphatic carbocycles. The molecule has 4 heteroatoms. The molecule has 70 valence electrons. The van der Waals surface area contributed by atoms with E-state index in [2.05, 4.69) is 10.3 Å². The van der Waals surface area contributed by atoms with Crippen molar-refractivity contribution in [2.45, 2.75) is 13.3 Å². The third-order valence-electron chi connectivity index (χ3n) is 1.86. The minimum Gasteiger partial charge on any atom is -0.383 e. The zero-order chi connectivity index (χ0) is 9.84. The van der Waals surface area contributed by atoms with Gasteiger partial charge in [0.15, 0.2) is 0 Å². The monoisotopic (exact) mass is 179 g/mol. The molecule has 0 aromatic carbocycles. The van der Waals surface area contributed by atoms with E-state index < -0.39 is 0 Å². The molecule has 1 heterocycles. The molecule has 0 saturated carbocycles. The molecule has 13 heavy (non-hydrogen) atoms. The van der Waals surface area contributed by atoms with E-state index in [-0.39, 0.29) is 11.7 Å². The quantitative estimate of drug-likeness (QED) is 0.698. The van der Waals surface area contributed by atoms with Crippen LogP contribution in [-0.2, 0) is 6.42 Å². The summed E-state index contributed by atoms with van der Waals surface area (Å²) in [7, 11) is 1.57. The zero-order valence-corrected chi connectivity index (χ0v) is 7.79. The van der Waals surface area contributed by atoms with Crippen LogP contribution in [-0.4, -0.2) is 17.9 Å². The minimum atomic E-state index is -0.194. The standard InChI is InChI=1S/C9H13N3O/c1-3-6-4-7(9(13)11-2)8(10)12-5-6/h4-5H,3H2,1-2H3,(H2,10,12)(H,11,13). The Labute approximate surface area is 77.2 Å². The predicted octanol–water partition coefficient (Wildman–Crippen LogP) is 0.586. The summed E-state index contributed by atoms with van der Waals surface area (Å²) in [6.45, 7) is 2.00. The fourth-order valence-electron chi connectivity index (χ4n) is 1.03. The number of nitrogens with one attached hydrogen (secondary N) is 1. The van der Waals surface area contributed by atoms with Crippen LogP contribution in [0.15, 0.2) is 12.3 Å². The highest BCUT2D eigenvalue weighted by atomic mass is 16.1. The SMILES string of the molecule is CCc1cnc(N)c(C(=O)NC)c1. The molecule has 1 aromatic rings. The Morgan fingerprint density at radius 1 is 1.69 bits per heavy atom. The number of nitrogens with zero attached hydrogens (tertiary/aromatic N) is 1. The fraction of sp³-hybridized carbons (Fsp3) is 0.333. The smallest absolute Gasteiger partial charge is 0.254 e. The number of hydrogen-bond acceptors (Lipinski definition) is 3. The van der Waals surface area contributed by atoms with Gasteiger partial charge in [0.2, 0.25) is 0 Å². The molecular formula is C9H13N3O. The Morgan fingerprint density at radius 2 is 2.38 bits per heavy atom.